The van der Waals surface area contributed by atoms with Gasteiger partial charge in [-0.1, -0.05) is 41.9 Å². The molecule has 1 amide bonds. The first-order valence-corrected chi connectivity index (χ1v) is 14.3. The van der Waals surface area contributed by atoms with Gasteiger partial charge in [0.1, 0.15) is 16.8 Å². The van der Waals surface area contributed by atoms with Crippen LogP contribution in [0.5, 0.6) is 0 Å². The maximum atomic E-state index is 13.5. The van der Waals surface area contributed by atoms with Gasteiger partial charge >= 0.3 is 0 Å². The maximum absolute atomic E-state index is 13.5. The number of H-pyrrole nitrogens is 1. The summed E-state index contributed by atoms with van der Waals surface area (Å²) in [4.78, 5) is 31.9. The van der Waals surface area contributed by atoms with Crippen LogP contribution in [0.2, 0.25) is 5.15 Å². The van der Waals surface area contributed by atoms with E-state index >= 15 is 0 Å². The lowest BCUT2D eigenvalue weighted by molar-refractivity contribution is 0.0950. The zero-order valence-electron chi connectivity index (χ0n) is 22.9. The van der Waals surface area contributed by atoms with E-state index in [0.29, 0.717) is 25.2 Å². The highest BCUT2D eigenvalue weighted by Gasteiger charge is 2.28. The Morgan fingerprint density at radius 2 is 1.83 bits per heavy atom. The van der Waals surface area contributed by atoms with Gasteiger partial charge < -0.3 is 10.3 Å². The summed E-state index contributed by atoms with van der Waals surface area (Å²) in [6.07, 6.45) is 8.30. The third-order valence-electron chi connectivity index (χ3n) is 7.56. The molecule has 0 saturated heterocycles. The van der Waals surface area contributed by atoms with Gasteiger partial charge in [-0.05, 0) is 84.0 Å². The molecule has 3 heterocycles. The highest BCUT2D eigenvalue weighted by molar-refractivity contribution is 6.29. The van der Waals surface area contributed by atoms with Crippen LogP contribution in [0.15, 0.2) is 91.4 Å². The average Bonchev–Trinajstić information content (AvgIpc) is 3.48. The highest BCUT2D eigenvalue weighted by atomic mass is 35.5. The van der Waals surface area contributed by atoms with Gasteiger partial charge in [0.25, 0.3) is 5.91 Å². The van der Waals surface area contributed by atoms with E-state index < -0.39 is 0 Å². The van der Waals surface area contributed by atoms with Crippen molar-refractivity contribution in [2.24, 2.45) is 0 Å². The van der Waals surface area contributed by atoms with Crippen LogP contribution >= 0.6 is 11.6 Å². The van der Waals surface area contributed by atoms with E-state index in [9.17, 15) is 9.18 Å². The van der Waals surface area contributed by atoms with Gasteiger partial charge in [0.15, 0.2) is 0 Å². The largest absolute Gasteiger partial charge is 0.348 e. The second-order valence-corrected chi connectivity index (χ2v) is 10.9. The van der Waals surface area contributed by atoms with Crippen molar-refractivity contribution in [1.82, 2.24) is 30.2 Å². The molecule has 0 fully saturated rings. The van der Waals surface area contributed by atoms with Gasteiger partial charge in [-0.25, -0.2) is 14.4 Å². The monoisotopic (exact) mass is 580 g/mol. The minimum atomic E-state index is -0.267. The predicted octanol–water partition coefficient (Wildman–Crippen LogP) is 6.67. The summed E-state index contributed by atoms with van der Waals surface area (Å²) in [5.41, 5.74) is 6.74. The number of fused-ring (bicyclic) bond motifs is 1. The van der Waals surface area contributed by atoms with E-state index in [1.54, 1.807) is 30.5 Å². The van der Waals surface area contributed by atoms with Crippen LogP contribution < -0.4 is 5.32 Å². The first kappa shape index (κ1) is 27.8. The van der Waals surface area contributed by atoms with E-state index in [1.165, 1.54) is 23.9 Å². The molecule has 1 unspecified atom stereocenters. The number of halogens is 2. The lowest BCUT2D eigenvalue weighted by atomic mass is 9.90. The van der Waals surface area contributed by atoms with E-state index in [2.05, 4.69) is 43.4 Å². The minimum absolute atomic E-state index is 0.133. The Morgan fingerprint density at radius 3 is 2.69 bits per heavy atom. The lowest BCUT2D eigenvalue weighted by Gasteiger charge is -2.34. The minimum Gasteiger partial charge on any atom is -0.348 e. The number of pyridine rings is 2. The number of nitrogens with zero attached hydrogens (tertiary/aromatic N) is 4. The summed E-state index contributed by atoms with van der Waals surface area (Å²) in [7, 11) is 0. The maximum Gasteiger partial charge on any atom is 0.251 e. The van der Waals surface area contributed by atoms with Gasteiger partial charge in [0.05, 0.1) is 30.2 Å². The molecule has 0 bridgehead atoms. The number of aromatic nitrogens is 4. The zero-order valence-corrected chi connectivity index (χ0v) is 23.7. The number of carbonyl (C=O) groups is 1. The van der Waals surface area contributed by atoms with Crippen LogP contribution in [0.25, 0.3) is 11.3 Å². The molecule has 0 radical (unpaired) electrons. The Kier molecular flexibility index (Phi) is 8.35. The fraction of sp³-hybridized carbons (Fsp3) is 0.212. The van der Waals surface area contributed by atoms with Gasteiger partial charge in [-0.2, -0.15) is 0 Å². The fourth-order valence-corrected chi connectivity index (χ4v) is 5.70. The van der Waals surface area contributed by atoms with Crippen molar-refractivity contribution in [2.75, 3.05) is 0 Å². The van der Waals surface area contributed by atoms with Crippen molar-refractivity contribution in [3.8, 4) is 11.3 Å². The average molecular weight is 581 g/mol. The lowest BCUT2D eigenvalue weighted by Crippen LogP contribution is -2.32. The SMILES string of the molecule is O=C(NCc1cccc(CN(Cc2ncc(-c3ccc(F)cc3)[nH]2)C2CCCc3cccnc32)c1)c1ccnc(Cl)c1. The second kappa shape index (κ2) is 12.6. The van der Waals surface area contributed by atoms with Crippen molar-refractivity contribution in [2.45, 2.75) is 44.9 Å². The molecule has 0 spiro atoms. The standard InChI is InChI=1S/C33H30ClFN6O/c34-30-17-26(13-15-36-30)33(42)39-18-22-4-1-5-23(16-22)20-41(29-8-2-6-25-7-3-14-37-32(25)29)21-31-38-19-28(40-31)24-9-11-27(35)12-10-24/h1,3-5,7,9-17,19,29H,2,6,8,18,20-21H2,(H,38,40)(H,39,42). The molecule has 212 valence electrons. The molecule has 5 aromatic rings. The molecule has 2 aromatic carbocycles. The molecule has 6 rings (SSSR count). The van der Waals surface area contributed by atoms with E-state index in [0.717, 1.165) is 53.2 Å². The summed E-state index contributed by atoms with van der Waals surface area (Å²) >= 11 is 5.95. The zero-order chi connectivity index (χ0) is 28.9. The summed E-state index contributed by atoms with van der Waals surface area (Å²) in [6, 6.07) is 22.2. The Morgan fingerprint density at radius 1 is 0.976 bits per heavy atom. The van der Waals surface area contributed by atoms with E-state index in [1.807, 2.05) is 24.4 Å². The quantitative estimate of drug-likeness (QED) is 0.190. The molecule has 0 saturated carbocycles. The number of imidazole rings is 1. The van der Waals surface area contributed by atoms with E-state index in [-0.39, 0.29) is 22.9 Å². The molecule has 3 aromatic heterocycles. The second-order valence-electron chi connectivity index (χ2n) is 10.5. The normalized spacial score (nSPS) is 14.5. The smallest absolute Gasteiger partial charge is 0.251 e. The van der Waals surface area contributed by atoms with Crippen molar-refractivity contribution < 1.29 is 9.18 Å². The molecule has 9 heteroatoms. The predicted molar refractivity (Wildman–Crippen MR) is 160 cm³/mol. The Hall–Kier alpha value is -4.40. The van der Waals surface area contributed by atoms with Crippen LogP contribution in [0, 0.1) is 5.82 Å². The summed E-state index contributed by atoms with van der Waals surface area (Å²) in [6.45, 7) is 1.65. The first-order chi connectivity index (χ1) is 20.5. The number of aryl methyl sites for hydroxylation is 1. The van der Waals surface area contributed by atoms with E-state index in [4.69, 9.17) is 16.6 Å². The van der Waals surface area contributed by atoms with Crippen LogP contribution in [0.4, 0.5) is 4.39 Å². The first-order valence-electron chi connectivity index (χ1n) is 14.0. The van der Waals surface area contributed by atoms with Crippen molar-refractivity contribution in [1.29, 1.82) is 0 Å². The van der Waals surface area contributed by atoms with Gasteiger partial charge in [0, 0.05) is 31.0 Å². The van der Waals surface area contributed by atoms with Crippen LogP contribution in [0.1, 0.15) is 57.5 Å². The molecular formula is C33H30ClFN6O. The Balaban J connectivity index is 1.22. The molecule has 7 nitrogen and oxygen atoms in total. The number of hydrogen-bond acceptors (Lipinski definition) is 5. The number of rotatable bonds is 9. The number of benzene rings is 2. The van der Waals surface area contributed by atoms with Gasteiger partial charge in [-0.15, -0.1) is 0 Å². The summed E-state index contributed by atoms with van der Waals surface area (Å²) < 4.78 is 13.5. The summed E-state index contributed by atoms with van der Waals surface area (Å²) in [5.74, 6) is 0.361. The number of aromatic amines is 1. The molecule has 1 atom stereocenters. The van der Waals surface area contributed by atoms with Crippen molar-refractivity contribution >= 4 is 17.5 Å². The highest BCUT2D eigenvalue weighted by Crippen LogP contribution is 2.35. The van der Waals surface area contributed by atoms with Crippen LogP contribution in [-0.2, 0) is 26.1 Å². The van der Waals surface area contributed by atoms with Gasteiger partial charge in [-0.3, -0.25) is 14.7 Å². The van der Waals surface area contributed by atoms with Gasteiger partial charge in [0.2, 0.25) is 0 Å². The third-order valence-corrected chi connectivity index (χ3v) is 7.77. The molecule has 1 aliphatic rings. The number of hydrogen-bond donors (Lipinski definition) is 2. The van der Waals surface area contributed by atoms with Crippen molar-refractivity contribution in [3.05, 3.63) is 136 Å². The van der Waals surface area contributed by atoms with Crippen LogP contribution in [-0.4, -0.2) is 30.7 Å². The molecule has 1 aliphatic carbocycles. The Bertz CT molecular complexity index is 1690. The topological polar surface area (TPSA) is 86.8 Å². The number of amides is 1. The molecular weight excluding hydrogens is 551 g/mol. The number of nitrogens with one attached hydrogen (secondary N) is 2. The fourth-order valence-electron chi connectivity index (χ4n) is 5.53. The van der Waals surface area contributed by atoms with Crippen LogP contribution in [0.3, 0.4) is 0 Å². The Labute approximate surface area is 248 Å². The number of carbonyl (C=O) groups excluding carboxylic acids is 1. The molecule has 42 heavy (non-hydrogen) atoms. The van der Waals surface area contributed by atoms with Crippen molar-refractivity contribution in [3.63, 3.8) is 0 Å². The summed E-state index contributed by atoms with van der Waals surface area (Å²) in [5, 5.41) is 3.26. The molecule has 0 aliphatic heterocycles. The third kappa shape index (κ3) is 6.56. The molecule has 2 N–H and O–H groups in total.